The van der Waals surface area contributed by atoms with Gasteiger partial charge < -0.3 is 20.1 Å². The molecular formula is C22H27N3O3. The zero-order valence-corrected chi connectivity index (χ0v) is 16.2. The highest BCUT2D eigenvalue weighted by Crippen LogP contribution is 2.38. The van der Waals surface area contributed by atoms with Crippen molar-refractivity contribution < 1.29 is 14.6 Å². The van der Waals surface area contributed by atoms with E-state index in [1.165, 1.54) is 0 Å². The zero-order chi connectivity index (χ0) is 19.5. The molecule has 1 aliphatic heterocycles. The summed E-state index contributed by atoms with van der Waals surface area (Å²) in [5.41, 5.74) is 2.64. The van der Waals surface area contributed by atoms with Crippen molar-refractivity contribution in [3.05, 3.63) is 53.7 Å². The highest BCUT2D eigenvalue weighted by Gasteiger charge is 2.36. The van der Waals surface area contributed by atoms with Crippen molar-refractivity contribution in [1.29, 1.82) is 0 Å². The van der Waals surface area contributed by atoms with Gasteiger partial charge in [0.1, 0.15) is 0 Å². The second-order valence-corrected chi connectivity index (χ2v) is 7.68. The number of carbonyl (C=O) groups excluding carboxylic acids is 1. The Bertz CT molecular complexity index is 812. The van der Waals surface area contributed by atoms with Gasteiger partial charge in [0, 0.05) is 31.0 Å². The summed E-state index contributed by atoms with van der Waals surface area (Å²) < 4.78 is 5.15. The number of para-hydroxylation sites is 1. The van der Waals surface area contributed by atoms with E-state index in [2.05, 4.69) is 15.2 Å². The molecule has 0 bridgehead atoms. The number of carbonyl (C=O) groups is 1. The van der Waals surface area contributed by atoms with Crippen molar-refractivity contribution in [3.63, 3.8) is 0 Å². The highest BCUT2D eigenvalue weighted by atomic mass is 16.5. The monoisotopic (exact) mass is 381 g/mol. The molecule has 1 saturated heterocycles. The summed E-state index contributed by atoms with van der Waals surface area (Å²) in [5.74, 6) is 0.666. The molecule has 1 aromatic carbocycles. The summed E-state index contributed by atoms with van der Waals surface area (Å²) in [4.78, 5) is 19.8. The van der Waals surface area contributed by atoms with Crippen LogP contribution in [0.15, 0.2) is 42.6 Å². The largest absolute Gasteiger partial charge is 0.481 e. The topological polar surface area (TPSA) is 74.7 Å². The third-order valence-corrected chi connectivity index (χ3v) is 5.83. The summed E-state index contributed by atoms with van der Waals surface area (Å²) in [6.45, 7) is 1.98. The average Bonchev–Trinajstić information content (AvgIpc) is 3.25. The van der Waals surface area contributed by atoms with E-state index in [9.17, 15) is 9.90 Å². The van der Waals surface area contributed by atoms with Gasteiger partial charge in [0.2, 0.25) is 5.88 Å². The fourth-order valence-corrected chi connectivity index (χ4v) is 4.19. The number of pyridine rings is 1. The molecule has 1 unspecified atom stereocenters. The minimum absolute atomic E-state index is 0.0790. The summed E-state index contributed by atoms with van der Waals surface area (Å²) >= 11 is 0. The van der Waals surface area contributed by atoms with Crippen LogP contribution in [0.1, 0.15) is 47.6 Å². The molecule has 148 valence electrons. The van der Waals surface area contributed by atoms with Crippen LogP contribution in [0.4, 0.5) is 5.69 Å². The fraction of sp³-hybridized carbons (Fsp3) is 0.455. The van der Waals surface area contributed by atoms with Crippen LogP contribution in [0, 0.1) is 5.92 Å². The molecule has 28 heavy (non-hydrogen) atoms. The van der Waals surface area contributed by atoms with E-state index < -0.39 is 0 Å². The van der Waals surface area contributed by atoms with E-state index in [4.69, 9.17) is 4.74 Å². The highest BCUT2D eigenvalue weighted by molar-refractivity contribution is 6.00. The predicted octanol–water partition coefficient (Wildman–Crippen LogP) is 2.93. The van der Waals surface area contributed by atoms with Gasteiger partial charge in [0.15, 0.2) is 0 Å². The fourth-order valence-electron chi connectivity index (χ4n) is 4.19. The molecule has 2 heterocycles. The predicted molar refractivity (Wildman–Crippen MR) is 108 cm³/mol. The molecule has 1 aliphatic carbocycles. The second kappa shape index (κ2) is 8.19. The van der Waals surface area contributed by atoms with Crippen LogP contribution < -0.4 is 15.0 Å². The maximum Gasteiger partial charge on any atom is 0.253 e. The van der Waals surface area contributed by atoms with E-state index in [1.54, 1.807) is 13.3 Å². The molecule has 4 rings (SSSR count). The quantitative estimate of drug-likeness (QED) is 0.805. The number of aliphatic hydroxyl groups excluding tert-OH is 1. The van der Waals surface area contributed by atoms with Crippen molar-refractivity contribution in [2.75, 3.05) is 25.1 Å². The number of rotatable bonds is 6. The number of nitrogens with one attached hydrogen (secondary N) is 1. The maximum atomic E-state index is 13.2. The lowest BCUT2D eigenvalue weighted by atomic mass is 9.75. The number of ether oxygens (including phenoxy) is 1. The molecule has 6 heteroatoms. The van der Waals surface area contributed by atoms with Crippen LogP contribution in [0.25, 0.3) is 0 Å². The summed E-state index contributed by atoms with van der Waals surface area (Å²) in [7, 11) is 1.58. The summed E-state index contributed by atoms with van der Waals surface area (Å²) in [6, 6.07) is 11.4. The molecule has 6 nitrogen and oxygen atoms in total. The number of benzene rings is 1. The molecule has 1 atom stereocenters. The van der Waals surface area contributed by atoms with Crippen LogP contribution in [0.2, 0.25) is 0 Å². The lowest BCUT2D eigenvalue weighted by Gasteiger charge is -2.38. The summed E-state index contributed by atoms with van der Waals surface area (Å²) in [5, 5.41) is 13.0. The SMILES string of the molecule is COc1ccc(C(NC(=O)c2ccccc2N2CCCC2)C2CC(O)C2)cn1. The Balaban J connectivity index is 1.57. The van der Waals surface area contributed by atoms with Crippen molar-refractivity contribution in [2.24, 2.45) is 5.92 Å². The molecule has 2 N–H and O–H groups in total. The lowest BCUT2D eigenvalue weighted by Crippen LogP contribution is -2.41. The average molecular weight is 381 g/mol. The van der Waals surface area contributed by atoms with Crippen LogP contribution in [0.5, 0.6) is 5.88 Å². The smallest absolute Gasteiger partial charge is 0.253 e. The van der Waals surface area contributed by atoms with Crippen molar-refractivity contribution >= 4 is 11.6 Å². The van der Waals surface area contributed by atoms with Crippen molar-refractivity contribution in [1.82, 2.24) is 10.3 Å². The van der Waals surface area contributed by atoms with Gasteiger partial charge in [0.25, 0.3) is 5.91 Å². The number of aromatic nitrogens is 1. The molecule has 0 radical (unpaired) electrons. The van der Waals surface area contributed by atoms with E-state index in [0.29, 0.717) is 24.3 Å². The number of aliphatic hydroxyl groups is 1. The minimum atomic E-state index is -0.285. The lowest BCUT2D eigenvalue weighted by molar-refractivity contribution is 0.0234. The number of hydrogen-bond acceptors (Lipinski definition) is 5. The Kier molecular flexibility index (Phi) is 5.48. The normalized spacial score (nSPS) is 22.4. The molecule has 0 spiro atoms. The molecule has 1 saturated carbocycles. The first-order chi connectivity index (χ1) is 13.7. The Morgan fingerprint density at radius 3 is 2.61 bits per heavy atom. The zero-order valence-electron chi connectivity index (χ0n) is 16.2. The first-order valence-corrected chi connectivity index (χ1v) is 9.98. The standard InChI is InChI=1S/C22H27N3O3/c1-28-20-9-8-15(14-23-20)21(16-12-17(26)13-16)24-22(27)18-6-2-3-7-19(18)25-10-4-5-11-25/h2-3,6-9,14,16-17,21,26H,4-5,10-13H2,1H3,(H,24,27). The Morgan fingerprint density at radius 2 is 1.96 bits per heavy atom. The van der Waals surface area contributed by atoms with Gasteiger partial charge in [-0.1, -0.05) is 18.2 Å². The van der Waals surface area contributed by atoms with Gasteiger partial charge in [0.05, 0.1) is 24.8 Å². The molecular weight excluding hydrogens is 354 g/mol. The third-order valence-electron chi connectivity index (χ3n) is 5.83. The molecule has 2 fully saturated rings. The molecule has 1 aromatic heterocycles. The Labute approximate surface area is 165 Å². The van der Waals surface area contributed by atoms with Crippen molar-refractivity contribution in [3.8, 4) is 5.88 Å². The Morgan fingerprint density at radius 1 is 1.21 bits per heavy atom. The maximum absolute atomic E-state index is 13.2. The number of anilines is 1. The molecule has 2 aliphatic rings. The van der Waals surface area contributed by atoms with E-state index >= 15 is 0 Å². The Hall–Kier alpha value is -2.60. The van der Waals surface area contributed by atoms with Gasteiger partial charge in [-0.2, -0.15) is 0 Å². The third kappa shape index (κ3) is 3.83. The number of hydrogen-bond donors (Lipinski definition) is 2. The first-order valence-electron chi connectivity index (χ1n) is 9.98. The summed E-state index contributed by atoms with van der Waals surface area (Å²) in [6.07, 6.45) is 5.16. The number of methoxy groups -OCH3 is 1. The van der Waals surface area contributed by atoms with Gasteiger partial charge in [-0.15, -0.1) is 0 Å². The second-order valence-electron chi connectivity index (χ2n) is 7.68. The van der Waals surface area contributed by atoms with Crippen molar-refractivity contribution in [2.45, 2.75) is 37.8 Å². The van der Waals surface area contributed by atoms with Crippen LogP contribution in [-0.4, -0.2) is 42.3 Å². The van der Waals surface area contributed by atoms with E-state index in [-0.39, 0.29) is 24.0 Å². The number of nitrogens with zero attached hydrogens (tertiary/aromatic N) is 2. The number of amides is 1. The van der Waals surface area contributed by atoms with Gasteiger partial charge >= 0.3 is 0 Å². The molecule has 1 amide bonds. The van der Waals surface area contributed by atoms with Gasteiger partial charge in [-0.25, -0.2) is 4.98 Å². The van der Waals surface area contributed by atoms with E-state index in [1.807, 2.05) is 36.4 Å². The van der Waals surface area contributed by atoms with Crippen LogP contribution >= 0.6 is 0 Å². The van der Waals surface area contributed by atoms with Crippen LogP contribution in [0.3, 0.4) is 0 Å². The first kappa shape index (κ1) is 18.7. The van der Waals surface area contributed by atoms with Gasteiger partial charge in [-0.05, 0) is 49.3 Å². The van der Waals surface area contributed by atoms with E-state index in [0.717, 1.165) is 37.2 Å². The van der Waals surface area contributed by atoms with Crippen LogP contribution in [-0.2, 0) is 0 Å². The minimum Gasteiger partial charge on any atom is -0.481 e. The molecule has 2 aromatic rings. The van der Waals surface area contributed by atoms with Gasteiger partial charge in [-0.3, -0.25) is 4.79 Å².